The zero-order chi connectivity index (χ0) is 12.5. The summed E-state index contributed by atoms with van der Waals surface area (Å²) in [5.41, 5.74) is 2.03. The van der Waals surface area contributed by atoms with Gasteiger partial charge < -0.3 is 5.32 Å². The highest BCUT2D eigenvalue weighted by Gasteiger charge is 2.04. The second-order valence-electron chi connectivity index (χ2n) is 4.16. The van der Waals surface area contributed by atoms with Gasteiger partial charge >= 0.3 is 0 Å². The van der Waals surface area contributed by atoms with Crippen molar-refractivity contribution in [2.24, 2.45) is 0 Å². The molecule has 3 heterocycles. The summed E-state index contributed by atoms with van der Waals surface area (Å²) in [6, 6.07) is 4.02. The summed E-state index contributed by atoms with van der Waals surface area (Å²) in [5.74, 6) is 0.633. The average molecular weight is 259 g/mol. The maximum absolute atomic E-state index is 4.41. The van der Waals surface area contributed by atoms with Crippen LogP contribution in [0.5, 0.6) is 0 Å². The van der Waals surface area contributed by atoms with Crippen LogP contribution in [0.1, 0.15) is 15.4 Å². The molecule has 0 unspecified atom stereocenters. The lowest BCUT2D eigenvalue weighted by atomic mass is 10.3. The molecule has 0 spiro atoms. The van der Waals surface area contributed by atoms with Crippen LogP contribution in [0.4, 0.5) is 5.95 Å². The Hall–Kier alpha value is -1.95. The third kappa shape index (κ3) is 2.19. The maximum atomic E-state index is 4.41. The van der Waals surface area contributed by atoms with Crippen LogP contribution in [-0.4, -0.2) is 19.6 Å². The lowest BCUT2D eigenvalue weighted by Crippen LogP contribution is -2.00. The minimum absolute atomic E-state index is 0.633. The summed E-state index contributed by atoms with van der Waals surface area (Å²) in [7, 11) is 0. The van der Waals surface area contributed by atoms with E-state index in [1.54, 1.807) is 15.9 Å². The molecule has 0 saturated heterocycles. The third-order valence-corrected chi connectivity index (χ3v) is 3.47. The van der Waals surface area contributed by atoms with Crippen LogP contribution in [0.15, 0.2) is 24.5 Å². The highest BCUT2D eigenvalue weighted by atomic mass is 32.1. The molecule has 0 fully saturated rings. The number of aryl methyl sites for hydroxylation is 2. The molecule has 1 N–H and O–H groups in total. The standard InChI is InChI=1S/C12H13N5S/c1-8-3-4-17-10(5-8)15-12(16-17)14-7-11-13-6-9(2)18-11/h3-6H,7H2,1-2H3,(H,14,16). The largest absolute Gasteiger partial charge is 0.346 e. The van der Waals surface area contributed by atoms with Gasteiger partial charge in [0.2, 0.25) is 5.95 Å². The molecule has 6 heteroatoms. The first kappa shape index (κ1) is 11.2. The zero-order valence-electron chi connectivity index (χ0n) is 10.2. The molecule has 5 nitrogen and oxygen atoms in total. The van der Waals surface area contributed by atoms with Crippen molar-refractivity contribution in [1.82, 2.24) is 19.6 Å². The van der Waals surface area contributed by atoms with E-state index in [-0.39, 0.29) is 0 Å². The van der Waals surface area contributed by atoms with E-state index in [0.717, 1.165) is 10.7 Å². The number of nitrogens with one attached hydrogen (secondary N) is 1. The molecule has 3 aromatic heterocycles. The Kier molecular flexibility index (Phi) is 2.71. The number of nitrogens with zero attached hydrogens (tertiary/aromatic N) is 4. The Balaban J connectivity index is 1.78. The van der Waals surface area contributed by atoms with Crippen LogP contribution in [0, 0.1) is 13.8 Å². The number of hydrogen-bond acceptors (Lipinski definition) is 5. The molecule has 0 aliphatic rings. The lowest BCUT2D eigenvalue weighted by molar-refractivity contribution is 0.945. The van der Waals surface area contributed by atoms with Gasteiger partial charge in [-0.05, 0) is 31.5 Å². The topological polar surface area (TPSA) is 55.1 Å². The van der Waals surface area contributed by atoms with E-state index in [1.165, 1.54) is 10.4 Å². The molecule has 18 heavy (non-hydrogen) atoms. The molecule has 92 valence electrons. The van der Waals surface area contributed by atoms with E-state index in [9.17, 15) is 0 Å². The number of fused-ring (bicyclic) bond motifs is 1. The van der Waals surface area contributed by atoms with Crippen molar-refractivity contribution in [2.75, 3.05) is 5.32 Å². The van der Waals surface area contributed by atoms with Crippen LogP contribution < -0.4 is 5.32 Å². The van der Waals surface area contributed by atoms with Crippen molar-refractivity contribution in [3.8, 4) is 0 Å². The summed E-state index contributed by atoms with van der Waals surface area (Å²) in [4.78, 5) is 9.92. The number of rotatable bonds is 3. The summed E-state index contributed by atoms with van der Waals surface area (Å²) < 4.78 is 1.77. The fraction of sp³-hybridized carbons (Fsp3) is 0.250. The van der Waals surface area contributed by atoms with Crippen molar-refractivity contribution in [3.63, 3.8) is 0 Å². The van der Waals surface area contributed by atoms with Crippen LogP contribution in [0.25, 0.3) is 5.65 Å². The van der Waals surface area contributed by atoms with Crippen LogP contribution in [-0.2, 0) is 6.54 Å². The molecule has 0 aliphatic carbocycles. The predicted molar refractivity (Wildman–Crippen MR) is 71.9 cm³/mol. The van der Waals surface area contributed by atoms with Gasteiger partial charge in [0.05, 0.1) is 6.54 Å². The van der Waals surface area contributed by atoms with Crippen LogP contribution in [0.3, 0.4) is 0 Å². The van der Waals surface area contributed by atoms with Crippen molar-refractivity contribution >= 4 is 22.9 Å². The van der Waals surface area contributed by atoms with Gasteiger partial charge in [0.1, 0.15) is 5.01 Å². The molecule has 0 radical (unpaired) electrons. The molecule has 3 aromatic rings. The predicted octanol–water partition coefficient (Wildman–Crippen LogP) is 2.41. The van der Waals surface area contributed by atoms with Crippen molar-refractivity contribution in [2.45, 2.75) is 20.4 Å². The SMILES string of the molecule is Cc1ccn2nc(NCc3ncc(C)s3)nc2c1. The lowest BCUT2D eigenvalue weighted by Gasteiger charge is -1.96. The first-order valence-corrected chi connectivity index (χ1v) is 6.50. The molecule has 0 amide bonds. The van der Waals surface area contributed by atoms with Crippen LogP contribution in [0.2, 0.25) is 0 Å². The highest BCUT2D eigenvalue weighted by Crippen LogP contribution is 2.13. The zero-order valence-corrected chi connectivity index (χ0v) is 11.0. The summed E-state index contributed by atoms with van der Waals surface area (Å²) in [6.07, 6.45) is 3.79. The third-order valence-electron chi connectivity index (χ3n) is 2.56. The molecule has 0 saturated carbocycles. The van der Waals surface area contributed by atoms with E-state index in [4.69, 9.17) is 0 Å². The van der Waals surface area contributed by atoms with Gasteiger partial charge in [-0.2, -0.15) is 4.98 Å². The molecular weight excluding hydrogens is 246 g/mol. The van der Waals surface area contributed by atoms with E-state index in [1.807, 2.05) is 38.4 Å². The van der Waals surface area contributed by atoms with E-state index >= 15 is 0 Å². The smallest absolute Gasteiger partial charge is 0.243 e. The van der Waals surface area contributed by atoms with Crippen molar-refractivity contribution in [1.29, 1.82) is 0 Å². The van der Waals surface area contributed by atoms with Gasteiger partial charge in [0.25, 0.3) is 0 Å². The first-order chi connectivity index (χ1) is 8.70. The van der Waals surface area contributed by atoms with Crippen molar-refractivity contribution < 1.29 is 0 Å². The van der Waals surface area contributed by atoms with E-state index < -0.39 is 0 Å². The molecule has 3 rings (SSSR count). The fourth-order valence-electron chi connectivity index (χ4n) is 1.70. The second kappa shape index (κ2) is 4.38. The molecular formula is C12H13N5S. The van der Waals surface area contributed by atoms with E-state index in [2.05, 4.69) is 20.4 Å². The summed E-state index contributed by atoms with van der Waals surface area (Å²) >= 11 is 1.68. The van der Waals surface area contributed by atoms with Crippen LogP contribution >= 0.6 is 11.3 Å². The Morgan fingerprint density at radius 2 is 2.28 bits per heavy atom. The monoisotopic (exact) mass is 259 g/mol. The minimum atomic E-state index is 0.633. The highest BCUT2D eigenvalue weighted by molar-refractivity contribution is 7.11. The average Bonchev–Trinajstić information content (AvgIpc) is 2.92. The van der Waals surface area contributed by atoms with Gasteiger partial charge in [-0.1, -0.05) is 0 Å². The molecule has 0 aliphatic heterocycles. The van der Waals surface area contributed by atoms with Gasteiger partial charge in [-0.25, -0.2) is 9.50 Å². The summed E-state index contributed by atoms with van der Waals surface area (Å²) in [6.45, 7) is 4.75. The fourth-order valence-corrected chi connectivity index (χ4v) is 2.42. The van der Waals surface area contributed by atoms with Gasteiger partial charge in [0, 0.05) is 17.3 Å². The number of anilines is 1. The second-order valence-corrected chi connectivity index (χ2v) is 5.48. The van der Waals surface area contributed by atoms with Crippen molar-refractivity contribution in [3.05, 3.63) is 40.0 Å². The minimum Gasteiger partial charge on any atom is -0.346 e. The first-order valence-electron chi connectivity index (χ1n) is 5.69. The van der Waals surface area contributed by atoms with E-state index in [0.29, 0.717) is 12.5 Å². The Labute approximate surface area is 109 Å². The Bertz CT molecular complexity index is 685. The van der Waals surface area contributed by atoms with Gasteiger partial charge in [0.15, 0.2) is 5.65 Å². The number of pyridine rings is 1. The quantitative estimate of drug-likeness (QED) is 0.784. The Morgan fingerprint density at radius 1 is 1.39 bits per heavy atom. The van der Waals surface area contributed by atoms with Gasteiger partial charge in [-0.15, -0.1) is 16.4 Å². The molecule has 0 aromatic carbocycles. The maximum Gasteiger partial charge on any atom is 0.243 e. The number of hydrogen-bond donors (Lipinski definition) is 1. The molecule has 0 bridgehead atoms. The summed E-state index contributed by atoms with van der Waals surface area (Å²) in [5, 5.41) is 8.58. The Morgan fingerprint density at radius 3 is 3.06 bits per heavy atom. The molecule has 0 atom stereocenters. The van der Waals surface area contributed by atoms with Gasteiger partial charge in [-0.3, -0.25) is 0 Å². The number of thiazole rings is 1. The number of aromatic nitrogens is 4. The normalized spacial score (nSPS) is 11.0.